The van der Waals surface area contributed by atoms with Crippen molar-refractivity contribution in [3.8, 4) is 0 Å². The second-order valence-electron chi connectivity index (χ2n) is 8.55. The number of aromatic nitrogens is 1. The van der Waals surface area contributed by atoms with Crippen LogP contribution in [0.15, 0.2) is 18.3 Å². The summed E-state index contributed by atoms with van der Waals surface area (Å²) in [5.41, 5.74) is 5.38. The van der Waals surface area contributed by atoms with Crippen LogP contribution in [0.4, 0.5) is 21.1 Å². The van der Waals surface area contributed by atoms with E-state index in [1.54, 1.807) is 24.1 Å². The van der Waals surface area contributed by atoms with Crippen molar-refractivity contribution in [1.82, 2.24) is 9.88 Å². The van der Waals surface area contributed by atoms with Crippen molar-refractivity contribution >= 4 is 29.6 Å². The average molecular weight is 419 g/mol. The zero-order valence-corrected chi connectivity index (χ0v) is 17.8. The van der Waals surface area contributed by atoms with Crippen LogP contribution in [-0.2, 0) is 14.3 Å². The van der Waals surface area contributed by atoms with E-state index >= 15 is 0 Å². The van der Waals surface area contributed by atoms with E-state index in [9.17, 15) is 14.4 Å². The smallest absolute Gasteiger partial charge is 0.414 e. The highest BCUT2D eigenvalue weighted by Gasteiger charge is 2.38. The molecule has 3 rings (SSSR count). The summed E-state index contributed by atoms with van der Waals surface area (Å²) in [5, 5.41) is 0. The van der Waals surface area contributed by atoms with Gasteiger partial charge < -0.3 is 25.0 Å². The molecule has 10 heteroatoms. The standard InChI is InChI=1S/C20H29N5O5/c1-13(17(21)26)15-12-25(19(28)29-15)14-5-6-16(22-11-14)23-7-9-24(10-8-23)18(27)30-20(2,3)4/h5-6,11,13,15H,7-10,12H2,1-4H3,(H2,21,26). The Bertz CT molecular complexity index is 799. The molecule has 30 heavy (non-hydrogen) atoms. The van der Waals surface area contributed by atoms with E-state index in [1.165, 1.54) is 4.90 Å². The van der Waals surface area contributed by atoms with Crippen molar-refractivity contribution < 1.29 is 23.9 Å². The Morgan fingerprint density at radius 2 is 1.90 bits per heavy atom. The van der Waals surface area contributed by atoms with Gasteiger partial charge in [0.05, 0.1) is 24.3 Å². The number of hydrogen-bond donors (Lipinski definition) is 1. The number of nitrogens with zero attached hydrogens (tertiary/aromatic N) is 4. The number of carbonyl (C=O) groups is 3. The lowest BCUT2D eigenvalue weighted by atomic mass is 10.0. The monoisotopic (exact) mass is 419 g/mol. The van der Waals surface area contributed by atoms with Crippen LogP contribution >= 0.6 is 0 Å². The molecule has 2 atom stereocenters. The molecular formula is C20H29N5O5. The number of primary amides is 1. The van der Waals surface area contributed by atoms with Crippen LogP contribution in [0.3, 0.4) is 0 Å². The molecule has 2 aliphatic rings. The first-order valence-corrected chi connectivity index (χ1v) is 10.0. The van der Waals surface area contributed by atoms with Crippen LogP contribution in [0, 0.1) is 5.92 Å². The summed E-state index contributed by atoms with van der Waals surface area (Å²) in [6, 6.07) is 3.62. The van der Waals surface area contributed by atoms with Gasteiger partial charge in [0, 0.05) is 26.2 Å². The van der Waals surface area contributed by atoms with Crippen molar-refractivity contribution in [3.05, 3.63) is 18.3 Å². The molecule has 2 N–H and O–H groups in total. The van der Waals surface area contributed by atoms with E-state index in [4.69, 9.17) is 15.2 Å². The highest BCUT2D eigenvalue weighted by molar-refractivity contribution is 5.90. The van der Waals surface area contributed by atoms with Crippen LogP contribution in [-0.4, -0.2) is 72.4 Å². The van der Waals surface area contributed by atoms with Gasteiger partial charge in [-0.2, -0.15) is 0 Å². The third-order valence-electron chi connectivity index (χ3n) is 5.14. The number of amides is 3. The number of piperazine rings is 1. The fourth-order valence-corrected chi connectivity index (χ4v) is 3.31. The molecule has 2 unspecified atom stereocenters. The molecule has 2 aliphatic heterocycles. The maximum Gasteiger partial charge on any atom is 0.414 e. The average Bonchev–Trinajstić information content (AvgIpc) is 3.08. The fourth-order valence-electron chi connectivity index (χ4n) is 3.31. The zero-order valence-electron chi connectivity index (χ0n) is 17.8. The molecule has 0 saturated carbocycles. The number of carbonyl (C=O) groups excluding carboxylic acids is 3. The Hall–Kier alpha value is -3.04. The SMILES string of the molecule is CC(C(N)=O)C1CN(c2ccc(N3CCN(C(=O)OC(C)(C)C)CC3)nc2)C(=O)O1. The predicted molar refractivity (Wildman–Crippen MR) is 110 cm³/mol. The second-order valence-corrected chi connectivity index (χ2v) is 8.55. The highest BCUT2D eigenvalue weighted by Crippen LogP contribution is 2.26. The van der Waals surface area contributed by atoms with Crippen molar-refractivity contribution in [2.75, 3.05) is 42.5 Å². The number of pyridine rings is 1. The molecular weight excluding hydrogens is 390 g/mol. The number of hydrogen-bond acceptors (Lipinski definition) is 7. The Kier molecular flexibility index (Phi) is 6.04. The molecule has 1 aromatic heterocycles. The van der Waals surface area contributed by atoms with Gasteiger partial charge in [0.15, 0.2) is 0 Å². The largest absolute Gasteiger partial charge is 0.444 e. The summed E-state index contributed by atoms with van der Waals surface area (Å²) < 4.78 is 10.7. The van der Waals surface area contributed by atoms with Crippen LogP contribution in [0.25, 0.3) is 0 Å². The van der Waals surface area contributed by atoms with Crippen molar-refractivity contribution in [2.24, 2.45) is 11.7 Å². The highest BCUT2D eigenvalue weighted by atomic mass is 16.6. The molecule has 0 aromatic carbocycles. The molecule has 164 valence electrons. The summed E-state index contributed by atoms with van der Waals surface area (Å²) >= 11 is 0. The summed E-state index contributed by atoms with van der Waals surface area (Å²) in [6.45, 7) is 9.79. The minimum absolute atomic E-state index is 0.249. The number of rotatable bonds is 4. The van der Waals surface area contributed by atoms with Gasteiger partial charge in [-0.1, -0.05) is 0 Å². The first-order chi connectivity index (χ1) is 14.0. The number of anilines is 2. The number of cyclic esters (lactones) is 1. The van der Waals surface area contributed by atoms with Gasteiger partial charge in [-0.3, -0.25) is 9.69 Å². The number of ether oxygens (including phenoxy) is 2. The third-order valence-corrected chi connectivity index (χ3v) is 5.14. The van der Waals surface area contributed by atoms with Crippen LogP contribution in [0.1, 0.15) is 27.7 Å². The Morgan fingerprint density at radius 1 is 1.23 bits per heavy atom. The molecule has 0 radical (unpaired) electrons. The molecule has 2 saturated heterocycles. The summed E-state index contributed by atoms with van der Waals surface area (Å²) in [4.78, 5) is 45.4. The summed E-state index contributed by atoms with van der Waals surface area (Å²) in [7, 11) is 0. The lowest BCUT2D eigenvalue weighted by molar-refractivity contribution is -0.123. The van der Waals surface area contributed by atoms with Crippen molar-refractivity contribution in [2.45, 2.75) is 39.4 Å². The lowest BCUT2D eigenvalue weighted by Crippen LogP contribution is -2.50. The Balaban J connectivity index is 1.57. The minimum Gasteiger partial charge on any atom is -0.444 e. The Morgan fingerprint density at radius 3 is 2.43 bits per heavy atom. The molecule has 3 amide bonds. The molecule has 3 heterocycles. The van der Waals surface area contributed by atoms with Gasteiger partial charge in [0.25, 0.3) is 0 Å². The van der Waals surface area contributed by atoms with E-state index in [2.05, 4.69) is 9.88 Å². The maximum absolute atomic E-state index is 12.2. The summed E-state index contributed by atoms with van der Waals surface area (Å²) in [6.07, 6.45) is 0.204. The fraction of sp³-hybridized carbons (Fsp3) is 0.600. The predicted octanol–water partition coefficient (Wildman–Crippen LogP) is 1.59. The molecule has 1 aromatic rings. The molecule has 2 fully saturated rings. The van der Waals surface area contributed by atoms with Crippen molar-refractivity contribution in [1.29, 1.82) is 0 Å². The normalized spacial score (nSPS) is 20.7. The van der Waals surface area contributed by atoms with Gasteiger partial charge in [-0.15, -0.1) is 0 Å². The maximum atomic E-state index is 12.2. The molecule has 10 nitrogen and oxygen atoms in total. The summed E-state index contributed by atoms with van der Waals surface area (Å²) in [5.74, 6) is -0.307. The van der Waals surface area contributed by atoms with E-state index in [1.807, 2.05) is 26.8 Å². The Labute approximate surface area is 175 Å². The van der Waals surface area contributed by atoms with Crippen LogP contribution in [0.2, 0.25) is 0 Å². The molecule has 0 bridgehead atoms. The second kappa shape index (κ2) is 8.37. The minimum atomic E-state index is -0.574. The topological polar surface area (TPSA) is 118 Å². The third kappa shape index (κ3) is 4.92. The van der Waals surface area contributed by atoms with E-state index in [0.717, 1.165) is 5.82 Å². The number of nitrogens with two attached hydrogens (primary N) is 1. The zero-order chi connectivity index (χ0) is 22.1. The van der Waals surface area contributed by atoms with Gasteiger partial charge in [0.1, 0.15) is 17.5 Å². The quantitative estimate of drug-likeness (QED) is 0.787. The van der Waals surface area contributed by atoms with Gasteiger partial charge in [-0.25, -0.2) is 14.6 Å². The van der Waals surface area contributed by atoms with Gasteiger partial charge in [-0.05, 0) is 39.8 Å². The van der Waals surface area contributed by atoms with Crippen LogP contribution in [0.5, 0.6) is 0 Å². The molecule has 0 spiro atoms. The lowest BCUT2D eigenvalue weighted by Gasteiger charge is -2.36. The van der Waals surface area contributed by atoms with E-state index in [-0.39, 0.29) is 12.6 Å². The van der Waals surface area contributed by atoms with Gasteiger partial charge >= 0.3 is 12.2 Å². The van der Waals surface area contributed by atoms with Crippen molar-refractivity contribution in [3.63, 3.8) is 0 Å². The van der Waals surface area contributed by atoms with E-state index in [0.29, 0.717) is 31.9 Å². The molecule has 0 aliphatic carbocycles. The van der Waals surface area contributed by atoms with Crippen LogP contribution < -0.4 is 15.5 Å². The first-order valence-electron chi connectivity index (χ1n) is 10.0. The van der Waals surface area contributed by atoms with Gasteiger partial charge in [0.2, 0.25) is 5.91 Å². The first kappa shape index (κ1) is 21.7. The van der Waals surface area contributed by atoms with E-state index < -0.39 is 29.6 Å².